The minimum Gasteiger partial charge on any atom is -0.497 e. The predicted molar refractivity (Wildman–Crippen MR) is 71.8 cm³/mol. The van der Waals surface area contributed by atoms with Gasteiger partial charge in [-0.25, -0.2) is 0 Å². The zero-order valence-electron chi connectivity index (χ0n) is 11.4. The Labute approximate surface area is 112 Å². The van der Waals surface area contributed by atoms with Crippen molar-refractivity contribution < 1.29 is 14.6 Å². The lowest BCUT2D eigenvalue weighted by Gasteiger charge is -2.30. The highest BCUT2D eigenvalue weighted by atomic mass is 16.5. The molecule has 1 aromatic carbocycles. The summed E-state index contributed by atoms with van der Waals surface area (Å²) >= 11 is 0. The highest BCUT2D eigenvalue weighted by Crippen LogP contribution is 2.36. The Kier molecular flexibility index (Phi) is 3.57. The standard InChI is InChI=1S/C14H18N2O3/c1-4-12-9-14(18,16(15-12)10(2)17)11-5-7-13(19-3)8-6-11/h5-8,18H,4,9H2,1-3H3. The van der Waals surface area contributed by atoms with E-state index in [1.165, 1.54) is 6.92 Å². The van der Waals surface area contributed by atoms with Crippen LogP contribution in [0.15, 0.2) is 29.4 Å². The van der Waals surface area contributed by atoms with Gasteiger partial charge >= 0.3 is 0 Å². The molecule has 1 aliphatic heterocycles. The minimum atomic E-state index is -1.39. The summed E-state index contributed by atoms with van der Waals surface area (Å²) in [6.07, 6.45) is 1.05. The molecule has 5 heteroatoms. The lowest BCUT2D eigenvalue weighted by Crippen LogP contribution is -2.42. The molecule has 0 bridgehead atoms. The van der Waals surface area contributed by atoms with Gasteiger partial charge in [-0.1, -0.05) is 19.1 Å². The van der Waals surface area contributed by atoms with E-state index in [0.29, 0.717) is 24.2 Å². The molecule has 1 atom stereocenters. The van der Waals surface area contributed by atoms with Crippen LogP contribution in [-0.4, -0.2) is 28.8 Å². The smallest absolute Gasteiger partial charge is 0.242 e. The van der Waals surface area contributed by atoms with E-state index in [0.717, 1.165) is 10.7 Å². The Morgan fingerprint density at radius 3 is 2.58 bits per heavy atom. The average Bonchev–Trinajstić information content (AvgIpc) is 2.77. The molecular formula is C14H18N2O3. The second-order valence-corrected chi connectivity index (χ2v) is 4.57. The summed E-state index contributed by atoms with van der Waals surface area (Å²) < 4.78 is 5.09. The Balaban J connectivity index is 2.37. The van der Waals surface area contributed by atoms with Gasteiger partial charge < -0.3 is 9.84 Å². The molecule has 1 amide bonds. The Morgan fingerprint density at radius 2 is 2.11 bits per heavy atom. The fourth-order valence-electron chi connectivity index (χ4n) is 2.23. The molecule has 1 aliphatic rings. The molecule has 19 heavy (non-hydrogen) atoms. The third-order valence-electron chi connectivity index (χ3n) is 3.30. The van der Waals surface area contributed by atoms with Crippen molar-refractivity contribution >= 4 is 11.6 Å². The van der Waals surface area contributed by atoms with Crippen molar-refractivity contribution in [2.75, 3.05) is 7.11 Å². The van der Waals surface area contributed by atoms with Crippen molar-refractivity contribution in [1.29, 1.82) is 0 Å². The first-order valence-corrected chi connectivity index (χ1v) is 6.25. The monoisotopic (exact) mass is 262 g/mol. The van der Waals surface area contributed by atoms with E-state index < -0.39 is 5.72 Å². The second kappa shape index (κ2) is 5.01. The number of nitrogens with zero attached hydrogens (tertiary/aromatic N) is 2. The highest BCUT2D eigenvalue weighted by Gasteiger charge is 2.44. The highest BCUT2D eigenvalue weighted by molar-refractivity contribution is 5.90. The fraction of sp³-hybridized carbons (Fsp3) is 0.429. The van der Waals surface area contributed by atoms with Crippen molar-refractivity contribution in [3.63, 3.8) is 0 Å². The molecule has 0 fully saturated rings. The molecule has 0 spiro atoms. The van der Waals surface area contributed by atoms with Crippen molar-refractivity contribution in [1.82, 2.24) is 5.01 Å². The summed E-state index contributed by atoms with van der Waals surface area (Å²) in [6.45, 7) is 3.35. The number of aliphatic hydroxyl groups is 1. The Morgan fingerprint density at radius 1 is 1.47 bits per heavy atom. The normalized spacial score (nSPS) is 22.3. The molecule has 2 rings (SSSR count). The summed E-state index contributed by atoms with van der Waals surface area (Å²) in [5.74, 6) is 0.429. The minimum absolute atomic E-state index is 0.276. The number of ether oxygens (including phenoxy) is 1. The summed E-state index contributed by atoms with van der Waals surface area (Å²) in [7, 11) is 1.58. The summed E-state index contributed by atoms with van der Waals surface area (Å²) in [6, 6.07) is 7.02. The molecule has 1 heterocycles. The maximum absolute atomic E-state index is 11.7. The van der Waals surface area contributed by atoms with Crippen molar-refractivity contribution in [2.45, 2.75) is 32.4 Å². The maximum atomic E-state index is 11.7. The fourth-order valence-corrected chi connectivity index (χ4v) is 2.23. The van der Waals surface area contributed by atoms with Crippen LogP contribution in [0.1, 0.15) is 32.3 Å². The molecule has 0 radical (unpaired) electrons. The molecule has 0 aliphatic carbocycles. The third-order valence-corrected chi connectivity index (χ3v) is 3.30. The van der Waals surface area contributed by atoms with Crippen LogP contribution in [0.2, 0.25) is 0 Å². The van der Waals surface area contributed by atoms with Gasteiger partial charge in [-0.05, 0) is 18.6 Å². The lowest BCUT2D eigenvalue weighted by molar-refractivity contribution is -0.155. The maximum Gasteiger partial charge on any atom is 0.242 e. The van der Waals surface area contributed by atoms with Crippen LogP contribution in [0.25, 0.3) is 0 Å². The summed E-state index contributed by atoms with van der Waals surface area (Å²) in [4.78, 5) is 11.7. The molecular weight excluding hydrogens is 244 g/mol. The quantitative estimate of drug-likeness (QED) is 0.904. The van der Waals surface area contributed by atoms with E-state index >= 15 is 0 Å². The van der Waals surface area contributed by atoms with Gasteiger partial charge in [0.25, 0.3) is 0 Å². The van der Waals surface area contributed by atoms with Gasteiger partial charge in [0.1, 0.15) is 5.75 Å². The first kappa shape index (κ1) is 13.5. The van der Waals surface area contributed by atoms with Gasteiger partial charge in [-0.15, -0.1) is 0 Å². The van der Waals surface area contributed by atoms with Crippen molar-refractivity contribution in [3.8, 4) is 5.75 Å². The number of carbonyl (C=O) groups is 1. The Bertz CT molecular complexity index is 510. The van der Waals surface area contributed by atoms with Gasteiger partial charge in [0.05, 0.1) is 7.11 Å². The summed E-state index contributed by atoms with van der Waals surface area (Å²) in [5.41, 5.74) is 0.0629. The average molecular weight is 262 g/mol. The molecule has 0 aromatic heterocycles. The largest absolute Gasteiger partial charge is 0.497 e. The van der Waals surface area contributed by atoms with E-state index in [2.05, 4.69) is 5.10 Å². The molecule has 1 aromatic rings. The number of benzene rings is 1. The number of methoxy groups -OCH3 is 1. The van der Waals surface area contributed by atoms with Gasteiger partial charge in [0.15, 0.2) is 5.72 Å². The lowest BCUT2D eigenvalue weighted by atomic mass is 9.96. The number of amides is 1. The van der Waals surface area contributed by atoms with Gasteiger partial charge in [-0.2, -0.15) is 10.1 Å². The number of rotatable bonds is 3. The number of hydrogen-bond donors (Lipinski definition) is 1. The SMILES string of the molecule is CCC1=NN(C(C)=O)C(O)(c2ccc(OC)cc2)C1. The van der Waals surface area contributed by atoms with Crippen molar-refractivity contribution in [3.05, 3.63) is 29.8 Å². The molecule has 0 saturated carbocycles. The second-order valence-electron chi connectivity index (χ2n) is 4.57. The third kappa shape index (κ3) is 2.33. The number of carbonyl (C=O) groups excluding carboxylic acids is 1. The first-order chi connectivity index (χ1) is 9.01. The van der Waals surface area contributed by atoms with Crippen LogP contribution in [-0.2, 0) is 10.5 Å². The summed E-state index contributed by atoms with van der Waals surface area (Å²) in [5, 5.41) is 16.2. The zero-order valence-corrected chi connectivity index (χ0v) is 11.4. The molecule has 0 saturated heterocycles. The topological polar surface area (TPSA) is 62.1 Å². The van der Waals surface area contributed by atoms with Gasteiger partial charge in [0, 0.05) is 24.6 Å². The van der Waals surface area contributed by atoms with Gasteiger partial charge in [-0.3, -0.25) is 4.79 Å². The van der Waals surface area contributed by atoms with E-state index in [1.54, 1.807) is 31.4 Å². The van der Waals surface area contributed by atoms with Crippen LogP contribution in [0.5, 0.6) is 5.75 Å². The van der Waals surface area contributed by atoms with E-state index in [9.17, 15) is 9.90 Å². The van der Waals surface area contributed by atoms with Crippen LogP contribution in [0.3, 0.4) is 0 Å². The van der Waals surface area contributed by atoms with Crippen LogP contribution >= 0.6 is 0 Å². The Hall–Kier alpha value is -1.88. The number of hydrogen-bond acceptors (Lipinski definition) is 4. The van der Waals surface area contributed by atoms with Crippen LogP contribution in [0.4, 0.5) is 0 Å². The zero-order chi connectivity index (χ0) is 14.0. The first-order valence-electron chi connectivity index (χ1n) is 6.25. The van der Waals surface area contributed by atoms with Crippen molar-refractivity contribution in [2.24, 2.45) is 5.10 Å². The molecule has 1 N–H and O–H groups in total. The van der Waals surface area contributed by atoms with E-state index in [1.807, 2.05) is 6.92 Å². The van der Waals surface area contributed by atoms with E-state index in [4.69, 9.17) is 4.74 Å². The predicted octanol–water partition coefficient (Wildman–Crippen LogP) is 1.86. The van der Waals surface area contributed by atoms with Gasteiger partial charge in [0.2, 0.25) is 5.91 Å². The molecule has 1 unspecified atom stereocenters. The van der Waals surface area contributed by atoms with Crippen LogP contribution < -0.4 is 4.74 Å². The molecule has 5 nitrogen and oxygen atoms in total. The van der Waals surface area contributed by atoms with Crippen LogP contribution in [0, 0.1) is 0 Å². The number of hydrazone groups is 1. The molecule has 102 valence electrons. The van der Waals surface area contributed by atoms with E-state index in [-0.39, 0.29) is 5.91 Å².